The molecule has 3 rings (SSSR count). The van der Waals surface area contributed by atoms with E-state index < -0.39 is 0 Å². The summed E-state index contributed by atoms with van der Waals surface area (Å²) < 4.78 is 18.3. The van der Waals surface area contributed by atoms with Gasteiger partial charge in [0, 0.05) is 17.2 Å². The Balaban J connectivity index is 1.61. The lowest BCUT2D eigenvalue weighted by Crippen LogP contribution is -2.22. The normalized spacial score (nSPS) is 11.9. The zero-order valence-corrected chi connectivity index (χ0v) is 13.1. The summed E-state index contributed by atoms with van der Waals surface area (Å²) in [6, 6.07) is 13.4. The Bertz CT molecular complexity index is 817. The van der Waals surface area contributed by atoms with Gasteiger partial charge in [-0.1, -0.05) is 19.1 Å². The van der Waals surface area contributed by atoms with Gasteiger partial charge in [-0.25, -0.2) is 4.39 Å². The van der Waals surface area contributed by atoms with Crippen molar-refractivity contribution in [3.63, 3.8) is 0 Å². The van der Waals surface area contributed by atoms with Gasteiger partial charge >= 0.3 is 0 Å². The summed E-state index contributed by atoms with van der Waals surface area (Å²) in [5, 5.41) is 10.3. The monoisotopic (exact) mass is 325 g/mol. The Morgan fingerprint density at radius 2 is 2.04 bits per heavy atom. The second-order valence-corrected chi connectivity index (χ2v) is 5.55. The zero-order valence-electron chi connectivity index (χ0n) is 13.1. The fraction of sp³-hybridized carbons (Fsp3) is 0.167. The summed E-state index contributed by atoms with van der Waals surface area (Å²) in [7, 11) is 0. The van der Waals surface area contributed by atoms with Crippen molar-refractivity contribution in [2.24, 2.45) is 5.92 Å². The molecule has 0 aliphatic rings. The van der Waals surface area contributed by atoms with Crippen LogP contribution in [-0.2, 0) is 11.2 Å². The van der Waals surface area contributed by atoms with Crippen LogP contribution in [-0.4, -0.2) is 16.1 Å². The molecule has 0 saturated heterocycles. The lowest BCUT2D eigenvalue weighted by molar-refractivity contribution is -0.119. The molecule has 0 saturated carbocycles. The maximum Gasteiger partial charge on any atom is 0.247 e. The minimum absolute atomic E-state index is 0.121. The van der Waals surface area contributed by atoms with Gasteiger partial charge in [0.15, 0.2) is 0 Å². The highest BCUT2D eigenvalue weighted by atomic mass is 19.1. The van der Waals surface area contributed by atoms with E-state index >= 15 is 0 Å². The molecule has 24 heavy (non-hydrogen) atoms. The lowest BCUT2D eigenvalue weighted by atomic mass is 10.00. The molecule has 1 amide bonds. The first-order valence-corrected chi connectivity index (χ1v) is 7.54. The summed E-state index contributed by atoms with van der Waals surface area (Å²) in [6.07, 6.45) is 1.74. The van der Waals surface area contributed by atoms with Gasteiger partial charge in [-0.3, -0.25) is 4.79 Å². The average molecular weight is 325 g/mol. The molecule has 1 aromatic heterocycles. The topological polar surface area (TPSA) is 68.0 Å². The quantitative estimate of drug-likeness (QED) is 0.777. The fourth-order valence-electron chi connectivity index (χ4n) is 2.37. The van der Waals surface area contributed by atoms with Gasteiger partial charge in [-0.05, 0) is 48.4 Å². The third-order valence-electron chi connectivity index (χ3n) is 3.64. The van der Waals surface area contributed by atoms with Crippen LogP contribution < -0.4 is 5.32 Å². The number of anilines is 1. The smallest absolute Gasteiger partial charge is 0.247 e. The maximum atomic E-state index is 13.2. The van der Waals surface area contributed by atoms with Crippen LogP contribution in [0.2, 0.25) is 0 Å². The summed E-state index contributed by atoms with van der Waals surface area (Å²) in [5.41, 5.74) is 2.25. The molecule has 0 spiro atoms. The first-order chi connectivity index (χ1) is 11.6. The van der Waals surface area contributed by atoms with E-state index in [4.69, 9.17) is 4.42 Å². The third-order valence-corrected chi connectivity index (χ3v) is 3.64. The van der Waals surface area contributed by atoms with Crippen LogP contribution in [0.4, 0.5) is 10.1 Å². The minimum Gasteiger partial charge on any atom is -0.423 e. The van der Waals surface area contributed by atoms with E-state index in [-0.39, 0.29) is 17.6 Å². The van der Waals surface area contributed by atoms with E-state index in [1.165, 1.54) is 18.5 Å². The van der Waals surface area contributed by atoms with Crippen LogP contribution in [0.1, 0.15) is 12.5 Å². The molecule has 2 aromatic carbocycles. The van der Waals surface area contributed by atoms with Gasteiger partial charge in [0.05, 0.1) is 0 Å². The number of hydrogen-bond acceptors (Lipinski definition) is 4. The van der Waals surface area contributed by atoms with Crippen molar-refractivity contribution < 1.29 is 13.6 Å². The second-order valence-electron chi connectivity index (χ2n) is 5.55. The molecular weight excluding hydrogens is 309 g/mol. The Morgan fingerprint density at radius 1 is 1.25 bits per heavy atom. The molecule has 0 unspecified atom stereocenters. The van der Waals surface area contributed by atoms with Crippen molar-refractivity contribution in [2.45, 2.75) is 13.3 Å². The van der Waals surface area contributed by atoms with Crippen molar-refractivity contribution in [1.29, 1.82) is 0 Å². The number of rotatable bonds is 5. The molecule has 3 aromatic rings. The number of nitrogens with one attached hydrogen (secondary N) is 1. The fourth-order valence-corrected chi connectivity index (χ4v) is 2.37. The van der Waals surface area contributed by atoms with E-state index in [1.54, 1.807) is 30.3 Å². The molecule has 5 nitrogen and oxygen atoms in total. The molecule has 6 heteroatoms. The van der Waals surface area contributed by atoms with Gasteiger partial charge in [0.25, 0.3) is 0 Å². The van der Waals surface area contributed by atoms with Crippen LogP contribution in [0.15, 0.2) is 59.3 Å². The molecule has 1 N–H and O–H groups in total. The van der Waals surface area contributed by atoms with Crippen molar-refractivity contribution in [1.82, 2.24) is 10.2 Å². The predicted octanol–water partition coefficient (Wildman–Crippen LogP) is 3.69. The Labute approximate surface area is 138 Å². The lowest BCUT2D eigenvalue weighted by Gasteiger charge is -2.12. The number of amides is 1. The highest BCUT2D eigenvalue weighted by molar-refractivity contribution is 5.92. The summed E-state index contributed by atoms with van der Waals surface area (Å²) in [5.74, 6) is -0.267. The van der Waals surface area contributed by atoms with Crippen molar-refractivity contribution in [3.8, 4) is 11.5 Å². The summed E-state index contributed by atoms with van der Waals surface area (Å²) in [4.78, 5) is 12.3. The van der Waals surface area contributed by atoms with E-state index in [9.17, 15) is 9.18 Å². The van der Waals surface area contributed by atoms with Gasteiger partial charge in [0.1, 0.15) is 5.82 Å². The molecule has 0 fully saturated rings. The summed E-state index contributed by atoms with van der Waals surface area (Å²) in [6.45, 7) is 1.81. The van der Waals surface area contributed by atoms with E-state index in [0.717, 1.165) is 11.1 Å². The van der Waals surface area contributed by atoms with Gasteiger partial charge < -0.3 is 9.73 Å². The van der Waals surface area contributed by atoms with E-state index in [0.29, 0.717) is 18.0 Å². The van der Waals surface area contributed by atoms with Crippen LogP contribution in [0.25, 0.3) is 11.5 Å². The number of hydrogen-bond donors (Lipinski definition) is 1. The minimum atomic E-state index is -0.295. The Morgan fingerprint density at radius 3 is 2.71 bits per heavy atom. The molecule has 0 aliphatic heterocycles. The number of aromatic nitrogens is 2. The van der Waals surface area contributed by atoms with Crippen LogP contribution >= 0.6 is 0 Å². The SMILES string of the molecule is C[C@H](Cc1cccc(F)c1)C(=O)Nc1ccc(-c2nnco2)cc1. The van der Waals surface area contributed by atoms with Gasteiger partial charge in [-0.15, -0.1) is 10.2 Å². The van der Waals surface area contributed by atoms with Crippen molar-refractivity contribution in [2.75, 3.05) is 5.32 Å². The first kappa shape index (κ1) is 15.9. The van der Waals surface area contributed by atoms with Crippen LogP contribution in [0, 0.1) is 11.7 Å². The van der Waals surface area contributed by atoms with E-state index in [1.807, 2.05) is 13.0 Å². The molecule has 0 aliphatic carbocycles. The Hall–Kier alpha value is -3.02. The highest BCUT2D eigenvalue weighted by Gasteiger charge is 2.14. The molecule has 122 valence electrons. The maximum absolute atomic E-state index is 13.2. The zero-order chi connectivity index (χ0) is 16.9. The molecule has 1 heterocycles. The van der Waals surface area contributed by atoms with Crippen LogP contribution in [0.3, 0.4) is 0 Å². The average Bonchev–Trinajstić information content (AvgIpc) is 3.10. The number of halogens is 1. The third kappa shape index (κ3) is 3.84. The van der Waals surface area contributed by atoms with Gasteiger partial charge in [-0.2, -0.15) is 0 Å². The second kappa shape index (κ2) is 7.04. The predicted molar refractivity (Wildman–Crippen MR) is 87.6 cm³/mol. The Kier molecular flexibility index (Phi) is 4.65. The first-order valence-electron chi connectivity index (χ1n) is 7.54. The largest absolute Gasteiger partial charge is 0.423 e. The number of benzene rings is 2. The standard InChI is InChI=1S/C18H16FN3O2/c1-12(9-13-3-2-4-15(19)10-13)17(23)21-16-7-5-14(6-8-16)18-22-20-11-24-18/h2-8,10-12H,9H2,1H3,(H,21,23)/t12-/m1/s1. The molecular formula is C18H16FN3O2. The van der Waals surface area contributed by atoms with Crippen molar-refractivity contribution in [3.05, 3.63) is 66.3 Å². The highest BCUT2D eigenvalue weighted by Crippen LogP contribution is 2.20. The van der Waals surface area contributed by atoms with Crippen LogP contribution in [0.5, 0.6) is 0 Å². The number of carbonyl (C=O) groups is 1. The molecule has 0 radical (unpaired) electrons. The van der Waals surface area contributed by atoms with E-state index in [2.05, 4.69) is 15.5 Å². The molecule has 1 atom stereocenters. The number of nitrogens with zero attached hydrogens (tertiary/aromatic N) is 2. The number of carbonyl (C=O) groups excluding carboxylic acids is 1. The van der Waals surface area contributed by atoms with Gasteiger partial charge in [0.2, 0.25) is 18.2 Å². The van der Waals surface area contributed by atoms with Crippen molar-refractivity contribution >= 4 is 11.6 Å². The molecule has 0 bridgehead atoms. The summed E-state index contributed by atoms with van der Waals surface area (Å²) >= 11 is 0.